The van der Waals surface area contributed by atoms with Crippen LogP contribution in [0.4, 0.5) is 5.69 Å². The molecule has 9 nitrogen and oxygen atoms in total. The summed E-state index contributed by atoms with van der Waals surface area (Å²) in [5.41, 5.74) is 4.08. The number of aliphatic imine (C=N–C) groups is 1. The molecule has 2 aromatic rings. The molecule has 9 heteroatoms. The Morgan fingerprint density at radius 2 is 1.81 bits per heavy atom. The molecule has 1 saturated heterocycles. The maximum Gasteiger partial charge on any atom is 0.254 e. The third-order valence-corrected chi connectivity index (χ3v) is 7.74. The molecule has 36 heavy (non-hydrogen) atoms. The van der Waals surface area contributed by atoms with Crippen molar-refractivity contribution in [3.05, 3.63) is 35.5 Å². The van der Waals surface area contributed by atoms with E-state index in [4.69, 9.17) is 5.10 Å². The second-order valence-electron chi connectivity index (χ2n) is 10.2. The van der Waals surface area contributed by atoms with Gasteiger partial charge >= 0.3 is 0 Å². The molecule has 2 fully saturated rings. The van der Waals surface area contributed by atoms with Crippen LogP contribution in [0.15, 0.2) is 35.0 Å². The number of allylic oxidation sites excluding steroid dienone is 1. The second-order valence-corrected chi connectivity index (χ2v) is 10.2. The maximum absolute atomic E-state index is 13.5. The standard InChI is InChI=1S/C27H34N6O3/c1-17-12-18(2)30-27(36)23(17)15-28-26(35)22-13-21(32-10-8-31(9-11-32)19(3)34)14-25-24(22)16-29-33(25)20-6-4-5-7-20/h12-14,16,20,23H,4-11,15H2,1-3H3,(H,28,35). The summed E-state index contributed by atoms with van der Waals surface area (Å²) in [6, 6.07) is 4.41. The number of amides is 3. The molecule has 1 aromatic heterocycles. The van der Waals surface area contributed by atoms with Crippen LogP contribution in [0.5, 0.6) is 0 Å². The Bertz CT molecular complexity index is 1260. The van der Waals surface area contributed by atoms with Gasteiger partial charge in [-0.1, -0.05) is 18.4 Å². The summed E-state index contributed by atoms with van der Waals surface area (Å²) >= 11 is 0. The van der Waals surface area contributed by atoms with Crippen molar-refractivity contribution in [3.8, 4) is 0 Å². The van der Waals surface area contributed by atoms with E-state index in [-0.39, 0.29) is 24.3 Å². The number of dihydropyridines is 1. The first-order valence-electron chi connectivity index (χ1n) is 12.9. The van der Waals surface area contributed by atoms with Gasteiger partial charge in [-0.2, -0.15) is 5.10 Å². The van der Waals surface area contributed by atoms with Gasteiger partial charge in [0.05, 0.1) is 29.2 Å². The summed E-state index contributed by atoms with van der Waals surface area (Å²) in [5.74, 6) is -0.797. The topological polar surface area (TPSA) is 99.9 Å². The third-order valence-electron chi connectivity index (χ3n) is 7.74. The smallest absolute Gasteiger partial charge is 0.254 e. The summed E-state index contributed by atoms with van der Waals surface area (Å²) in [5, 5.41) is 8.52. The molecule has 3 aliphatic rings. The van der Waals surface area contributed by atoms with Crippen molar-refractivity contribution in [3.63, 3.8) is 0 Å². The van der Waals surface area contributed by atoms with Crippen LogP contribution in [0.25, 0.3) is 10.9 Å². The number of nitrogens with one attached hydrogen (secondary N) is 1. The lowest BCUT2D eigenvalue weighted by Crippen LogP contribution is -2.48. The van der Waals surface area contributed by atoms with Crippen molar-refractivity contribution >= 4 is 40.0 Å². The van der Waals surface area contributed by atoms with E-state index in [2.05, 4.69) is 26.0 Å². The molecule has 0 spiro atoms. The lowest BCUT2D eigenvalue weighted by molar-refractivity contribution is -0.129. The first-order chi connectivity index (χ1) is 17.3. The van der Waals surface area contributed by atoms with E-state index in [9.17, 15) is 14.4 Å². The minimum atomic E-state index is -0.447. The zero-order valence-electron chi connectivity index (χ0n) is 21.3. The summed E-state index contributed by atoms with van der Waals surface area (Å²) < 4.78 is 2.09. The van der Waals surface area contributed by atoms with Gasteiger partial charge in [-0.15, -0.1) is 0 Å². The molecule has 1 aromatic carbocycles. The largest absolute Gasteiger partial charge is 0.368 e. The van der Waals surface area contributed by atoms with Gasteiger partial charge in [0.2, 0.25) is 5.91 Å². The van der Waals surface area contributed by atoms with Gasteiger partial charge in [-0.25, -0.2) is 4.99 Å². The highest BCUT2D eigenvalue weighted by Gasteiger charge is 2.27. The number of carbonyl (C=O) groups excluding carboxylic acids is 3. The van der Waals surface area contributed by atoms with Crippen molar-refractivity contribution in [1.82, 2.24) is 20.0 Å². The van der Waals surface area contributed by atoms with Crippen molar-refractivity contribution in [2.24, 2.45) is 10.9 Å². The van der Waals surface area contributed by atoms with Crippen molar-refractivity contribution in [2.45, 2.75) is 52.5 Å². The highest BCUT2D eigenvalue weighted by molar-refractivity contribution is 6.08. The SMILES string of the molecule is CC(=O)N1CCN(c2cc(C(=O)NCC3C(=O)N=C(C)C=C3C)c3cnn(C4CCCC4)c3c2)CC1. The molecule has 1 saturated carbocycles. The van der Waals surface area contributed by atoms with E-state index in [1.165, 1.54) is 12.8 Å². The quantitative estimate of drug-likeness (QED) is 0.694. The lowest BCUT2D eigenvalue weighted by atomic mass is 9.95. The van der Waals surface area contributed by atoms with Crippen LogP contribution in [0.3, 0.4) is 0 Å². The van der Waals surface area contributed by atoms with Crippen LogP contribution in [0.1, 0.15) is 62.9 Å². The normalized spacial score (nSPS) is 21.1. The van der Waals surface area contributed by atoms with Crippen LogP contribution in [0, 0.1) is 5.92 Å². The molecule has 3 heterocycles. The molecule has 1 unspecified atom stereocenters. The number of aromatic nitrogens is 2. The number of hydrogen-bond donors (Lipinski definition) is 1. The monoisotopic (exact) mass is 490 g/mol. The zero-order chi connectivity index (χ0) is 25.4. The number of benzene rings is 1. The Kier molecular flexibility index (Phi) is 6.64. The predicted molar refractivity (Wildman–Crippen MR) is 139 cm³/mol. The molecule has 1 N–H and O–H groups in total. The van der Waals surface area contributed by atoms with Gasteiger partial charge in [0.25, 0.3) is 11.8 Å². The summed E-state index contributed by atoms with van der Waals surface area (Å²) in [4.78, 5) is 45.9. The first-order valence-corrected chi connectivity index (χ1v) is 12.9. The molecule has 5 rings (SSSR count). The van der Waals surface area contributed by atoms with E-state index in [0.29, 0.717) is 43.5 Å². The fourth-order valence-corrected chi connectivity index (χ4v) is 5.67. The summed E-state index contributed by atoms with van der Waals surface area (Å²) in [6.07, 6.45) is 8.25. The summed E-state index contributed by atoms with van der Waals surface area (Å²) in [7, 11) is 0. The summed E-state index contributed by atoms with van der Waals surface area (Å²) in [6.45, 7) is 8.25. The lowest BCUT2D eigenvalue weighted by Gasteiger charge is -2.36. The molecule has 1 aliphatic carbocycles. The fraction of sp³-hybridized carbons (Fsp3) is 0.519. The van der Waals surface area contributed by atoms with Gasteiger partial charge < -0.3 is 15.1 Å². The number of nitrogens with zero attached hydrogens (tertiary/aromatic N) is 5. The van der Waals surface area contributed by atoms with Gasteiger partial charge in [0, 0.05) is 56.4 Å². The second kappa shape index (κ2) is 9.87. The number of rotatable bonds is 5. The molecule has 1 atom stereocenters. The number of hydrogen-bond acceptors (Lipinski definition) is 5. The van der Waals surface area contributed by atoms with E-state index >= 15 is 0 Å². The maximum atomic E-state index is 13.5. The van der Waals surface area contributed by atoms with E-state index in [1.807, 2.05) is 24.0 Å². The van der Waals surface area contributed by atoms with Crippen molar-refractivity contribution in [2.75, 3.05) is 37.6 Å². The molecular formula is C27H34N6O3. The highest BCUT2D eigenvalue weighted by atomic mass is 16.2. The Labute approximate surface area is 211 Å². The van der Waals surface area contributed by atoms with Gasteiger partial charge in [-0.3, -0.25) is 19.1 Å². The fourth-order valence-electron chi connectivity index (χ4n) is 5.67. The Morgan fingerprint density at radius 1 is 1.08 bits per heavy atom. The van der Waals surface area contributed by atoms with Gasteiger partial charge in [0.1, 0.15) is 0 Å². The number of piperazine rings is 1. The minimum absolute atomic E-state index is 0.0885. The van der Waals surface area contributed by atoms with Crippen LogP contribution >= 0.6 is 0 Å². The molecule has 0 radical (unpaired) electrons. The van der Waals surface area contributed by atoms with Gasteiger partial charge in [-0.05, 0) is 44.9 Å². The molecule has 0 bridgehead atoms. The molecule has 2 aliphatic heterocycles. The average molecular weight is 491 g/mol. The molecule has 3 amide bonds. The number of carbonyl (C=O) groups is 3. The number of fused-ring (bicyclic) bond motifs is 1. The highest BCUT2D eigenvalue weighted by Crippen LogP contribution is 2.34. The Hall–Kier alpha value is -3.49. The van der Waals surface area contributed by atoms with Crippen LogP contribution in [-0.4, -0.2) is 70.8 Å². The predicted octanol–water partition coefficient (Wildman–Crippen LogP) is 3.11. The average Bonchev–Trinajstić information content (AvgIpc) is 3.52. The zero-order valence-corrected chi connectivity index (χ0v) is 21.3. The molecular weight excluding hydrogens is 456 g/mol. The minimum Gasteiger partial charge on any atom is -0.368 e. The third kappa shape index (κ3) is 4.66. The van der Waals surface area contributed by atoms with E-state index < -0.39 is 5.92 Å². The Morgan fingerprint density at radius 3 is 2.47 bits per heavy atom. The van der Waals surface area contributed by atoms with Gasteiger partial charge in [0.15, 0.2) is 0 Å². The van der Waals surface area contributed by atoms with Crippen LogP contribution in [-0.2, 0) is 9.59 Å². The molecule has 190 valence electrons. The van der Waals surface area contributed by atoms with Crippen LogP contribution < -0.4 is 10.2 Å². The van der Waals surface area contributed by atoms with Crippen LogP contribution in [0.2, 0.25) is 0 Å². The Balaban J connectivity index is 1.44. The van der Waals surface area contributed by atoms with E-state index in [0.717, 1.165) is 35.0 Å². The van der Waals surface area contributed by atoms with E-state index in [1.54, 1.807) is 20.0 Å². The first kappa shape index (κ1) is 24.2. The number of anilines is 1. The van der Waals surface area contributed by atoms with Crippen molar-refractivity contribution < 1.29 is 14.4 Å². The van der Waals surface area contributed by atoms with Crippen molar-refractivity contribution in [1.29, 1.82) is 0 Å².